The number of hydrogen-bond donors (Lipinski definition) is 1. The van der Waals surface area contributed by atoms with Crippen molar-refractivity contribution in [1.82, 2.24) is 0 Å². The number of fused-ring (bicyclic) bond motifs is 5. The number of ether oxygens (including phenoxy) is 4. The lowest BCUT2D eigenvalue weighted by atomic mass is 9.43. The third-order valence-corrected chi connectivity index (χ3v) is 13.5. The van der Waals surface area contributed by atoms with E-state index in [9.17, 15) is 40.8 Å². The van der Waals surface area contributed by atoms with Gasteiger partial charge in [-0.15, -0.1) is 0 Å². The molecule has 0 heterocycles. The SMILES string of the molecule is CC(=O)OC1CC[C@@]2(C)C(C1)CC(OC(C)=O)[C@H]1[C@@H]3CC[C@H]([C@H](C)CCC(=O)OC(C)(CS(=O)(=O)O)C(F)(F)F)[C@@]3(C)C(OC(C)=O)C[C@@H]12. The molecule has 0 spiro atoms. The van der Waals surface area contributed by atoms with Crippen LogP contribution in [0.2, 0.25) is 0 Å². The number of esters is 4. The van der Waals surface area contributed by atoms with E-state index < -0.39 is 69.6 Å². The fourth-order valence-corrected chi connectivity index (χ4v) is 11.4. The van der Waals surface area contributed by atoms with Crippen molar-refractivity contribution in [2.24, 2.45) is 46.3 Å². The van der Waals surface area contributed by atoms with Gasteiger partial charge in [0.25, 0.3) is 10.1 Å². The van der Waals surface area contributed by atoms with Crippen molar-refractivity contribution in [3.8, 4) is 0 Å². The summed E-state index contributed by atoms with van der Waals surface area (Å²) in [6.07, 6.45) is -2.05. The molecule has 0 aromatic heterocycles. The maximum Gasteiger partial charge on any atom is 0.429 e. The highest BCUT2D eigenvalue weighted by Gasteiger charge is 2.68. The largest absolute Gasteiger partial charge is 0.463 e. The van der Waals surface area contributed by atoms with Gasteiger partial charge in [-0.05, 0) is 93.3 Å². The number of halogens is 3. The lowest BCUT2D eigenvalue weighted by Gasteiger charge is -2.64. The Bertz CT molecular complexity index is 1400. The van der Waals surface area contributed by atoms with Crippen LogP contribution >= 0.6 is 0 Å². The van der Waals surface area contributed by atoms with Gasteiger partial charge in [-0.3, -0.25) is 23.7 Å². The fraction of sp³-hybridized carbons (Fsp3) is 0.882. The second-order valence-corrected chi connectivity index (χ2v) is 17.2. The summed E-state index contributed by atoms with van der Waals surface area (Å²) in [5, 5.41) is 0. The summed E-state index contributed by atoms with van der Waals surface area (Å²) in [6.45, 7) is 10.7. The molecule has 0 radical (unpaired) electrons. The Hall–Kier alpha value is -2.42. The van der Waals surface area contributed by atoms with Crippen LogP contribution in [0.5, 0.6) is 0 Å². The molecule has 4 rings (SSSR count). The molecular weight excluding hydrogens is 673 g/mol. The summed E-state index contributed by atoms with van der Waals surface area (Å²) < 4.78 is 95.3. The van der Waals surface area contributed by atoms with E-state index >= 15 is 0 Å². The van der Waals surface area contributed by atoms with Crippen molar-refractivity contribution in [1.29, 1.82) is 0 Å². The van der Waals surface area contributed by atoms with Crippen LogP contribution in [0.25, 0.3) is 0 Å². The Kier molecular flexibility index (Phi) is 11.2. The first-order valence-corrected chi connectivity index (χ1v) is 18.8. The average molecular weight is 725 g/mol. The molecule has 1 N–H and O–H groups in total. The van der Waals surface area contributed by atoms with Gasteiger partial charge >= 0.3 is 30.1 Å². The molecule has 12 atom stereocenters. The molecule has 0 amide bonds. The molecule has 4 aliphatic rings. The molecule has 0 saturated heterocycles. The molecule has 49 heavy (non-hydrogen) atoms. The second kappa shape index (κ2) is 14.0. The zero-order chi connectivity index (χ0) is 36.9. The average Bonchev–Trinajstić information content (AvgIpc) is 3.28. The lowest BCUT2D eigenvalue weighted by Crippen LogP contribution is -2.63. The maximum atomic E-state index is 13.7. The minimum atomic E-state index is -5.25. The highest BCUT2D eigenvalue weighted by atomic mass is 32.2. The molecule has 11 nitrogen and oxygen atoms in total. The molecule has 15 heteroatoms. The Morgan fingerprint density at radius 1 is 0.898 bits per heavy atom. The molecule has 4 fully saturated rings. The summed E-state index contributed by atoms with van der Waals surface area (Å²) in [6, 6.07) is 0. The highest BCUT2D eigenvalue weighted by molar-refractivity contribution is 7.85. The van der Waals surface area contributed by atoms with Crippen molar-refractivity contribution < 1.29 is 64.3 Å². The van der Waals surface area contributed by atoms with Crippen LogP contribution in [0, 0.1) is 46.3 Å². The number of carbonyl (C=O) groups is 4. The Labute approximate surface area is 286 Å². The van der Waals surface area contributed by atoms with Crippen molar-refractivity contribution in [3.63, 3.8) is 0 Å². The van der Waals surface area contributed by atoms with Gasteiger partial charge < -0.3 is 18.9 Å². The maximum absolute atomic E-state index is 13.7. The van der Waals surface area contributed by atoms with E-state index in [1.54, 1.807) is 0 Å². The number of rotatable bonds is 10. The summed E-state index contributed by atoms with van der Waals surface area (Å²) in [4.78, 5) is 49.5. The standard InChI is InChI=1S/C34H51F3O11S/c1-18(8-11-29(41)48-32(6,34(35,36)37)17-49(42,43)44)24-9-10-25-30-26(16-28(33(24,25)7)47-21(4)40)31(5)13-12-23(45-19(2)38)14-22(31)15-27(30)46-20(3)39/h18,22-28,30H,8-17H2,1-7H3,(H,42,43,44)/t18-,22?,23?,24-,25+,26+,27?,28?,30+,31+,32?,33-/m1/s1. The van der Waals surface area contributed by atoms with Crippen LogP contribution in [0.3, 0.4) is 0 Å². The van der Waals surface area contributed by atoms with E-state index in [0.29, 0.717) is 39.0 Å². The summed E-state index contributed by atoms with van der Waals surface area (Å²) in [7, 11) is -5.12. The van der Waals surface area contributed by atoms with Crippen molar-refractivity contribution >= 4 is 34.0 Å². The Balaban J connectivity index is 1.60. The first kappa shape index (κ1) is 39.4. The number of carbonyl (C=O) groups excluding carboxylic acids is 4. The van der Waals surface area contributed by atoms with Gasteiger partial charge in [0.1, 0.15) is 24.1 Å². The minimum Gasteiger partial charge on any atom is -0.463 e. The molecular formula is C34H51F3O11S. The van der Waals surface area contributed by atoms with E-state index in [1.807, 2.05) is 6.92 Å². The fourth-order valence-electron chi connectivity index (χ4n) is 10.5. The molecule has 5 unspecified atom stereocenters. The predicted octanol–water partition coefficient (Wildman–Crippen LogP) is 5.83. The molecule has 4 aliphatic carbocycles. The van der Waals surface area contributed by atoms with Crippen LogP contribution in [0.1, 0.15) is 106 Å². The van der Waals surface area contributed by atoms with Gasteiger partial charge in [0.2, 0.25) is 5.60 Å². The van der Waals surface area contributed by atoms with Gasteiger partial charge in [0.05, 0.1) is 0 Å². The van der Waals surface area contributed by atoms with Crippen LogP contribution in [0.4, 0.5) is 13.2 Å². The first-order valence-electron chi connectivity index (χ1n) is 17.2. The minimum absolute atomic E-state index is 0.0307. The molecule has 0 aliphatic heterocycles. The summed E-state index contributed by atoms with van der Waals surface area (Å²) in [5.41, 5.74) is -4.24. The van der Waals surface area contributed by atoms with Crippen LogP contribution in [-0.2, 0) is 48.2 Å². The van der Waals surface area contributed by atoms with Gasteiger partial charge in [-0.25, -0.2) is 0 Å². The van der Waals surface area contributed by atoms with Gasteiger partial charge in [-0.2, -0.15) is 21.6 Å². The quantitative estimate of drug-likeness (QED) is 0.164. The smallest absolute Gasteiger partial charge is 0.429 e. The van der Waals surface area contributed by atoms with Crippen LogP contribution in [-0.4, -0.2) is 72.7 Å². The summed E-state index contributed by atoms with van der Waals surface area (Å²) in [5.74, 6) is -4.57. The predicted molar refractivity (Wildman–Crippen MR) is 168 cm³/mol. The van der Waals surface area contributed by atoms with Gasteiger partial charge in [0, 0.05) is 38.5 Å². The molecule has 4 saturated carbocycles. The van der Waals surface area contributed by atoms with Crippen LogP contribution in [0.15, 0.2) is 0 Å². The zero-order valence-corrected chi connectivity index (χ0v) is 30.2. The molecule has 280 valence electrons. The lowest BCUT2D eigenvalue weighted by molar-refractivity contribution is -0.256. The third kappa shape index (κ3) is 8.07. The second-order valence-electron chi connectivity index (χ2n) is 15.7. The normalized spacial score (nSPS) is 37.7. The van der Waals surface area contributed by atoms with Crippen molar-refractivity contribution in [2.45, 2.75) is 136 Å². The van der Waals surface area contributed by atoms with E-state index in [-0.39, 0.29) is 59.4 Å². The van der Waals surface area contributed by atoms with Crippen LogP contribution < -0.4 is 0 Å². The van der Waals surface area contributed by atoms with E-state index in [4.69, 9.17) is 18.8 Å². The monoisotopic (exact) mass is 724 g/mol. The third-order valence-electron chi connectivity index (χ3n) is 12.6. The Morgan fingerprint density at radius 3 is 2.06 bits per heavy atom. The Morgan fingerprint density at radius 2 is 1.51 bits per heavy atom. The topological polar surface area (TPSA) is 160 Å². The van der Waals surface area contributed by atoms with Gasteiger partial charge in [-0.1, -0.05) is 20.8 Å². The van der Waals surface area contributed by atoms with E-state index in [2.05, 4.69) is 18.6 Å². The van der Waals surface area contributed by atoms with Crippen molar-refractivity contribution in [3.05, 3.63) is 0 Å². The van der Waals surface area contributed by atoms with Gasteiger partial charge in [0.15, 0.2) is 0 Å². The first-order chi connectivity index (χ1) is 22.4. The molecule has 0 bridgehead atoms. The highest BCUT2D eigenvalue weighted by Crippen LogP contribution is 2.69. The number of alkyl halides is 3. The zero-order valence-electron chi connectivity index (χ0n) is 29.3. The molecule has 0 aromatic rings. The van der Waals surface area contributed by atoms with E-state index in [0.717, 1.165) is 12.8 Å². The van der Waals surface area contributed by atoms with Crippen molar-refractivity contribution in [2.75, 3.05) is 5.75 Å². The molecule has 0 aromatic carbocycles. The summed E-state index contributed by atoms with van der Waals surface area (Å²) >= 11 is 0. The van der Waals surface area contributed by atoms with E-state index in [1.165, 1.54) is 20.8 Å². The number of hydrogen-bond acceptors (Lipinski definition) is 10.